The van der Waals surface area contributed by atoms with Crippen molar-refractivity contribution in [2.75, 3.05) is 13.2 Å². The van der Waals surface area contributed by atoms with Gasteiger partial charge in [-0.05, 0) is 0 Å². The van der Waals surface area contributed by atoms with Gasteiger partial charge in [-0.3, -0.25) is 0 Å². The Balaban J connectivity index is 4.06. The van der Waals surface area contributed by atoms with Crippen molar-refractivity contribution in [1.29, 1.82) is 0 Å². The summed E-state index contributed by atoms with van der Waals surface area (Å²) in [5.41, 5.74) is 0. The summed E-state index contributed by atoms with van der Waals surface area (Å²) in [4.78, 5) is 9.92. The first-order valence-corrected chi connectivity index (χ1v) is 4.09. The van der Waals surface area contributed by atoms with Crippen LogP contribution in [0, 0.1) is 0 Å². The van der Waals surface area contributed by atoms with Gasteiger partial charge >= 0.3 is 6.16 Å². The molecule has 0 aromatic carbocycles. The molecule has 0 aromatic heterocycles. The number of ether oxygens (including phenoxy) is 1. The monoisotopic (exact) mass is 226 g/mol. The van der Waals surface area contributed by atoms with Gasteiger partial charge in [0.25, 0.3) is 0 Å². The van der Waals surface area contributed by atoms with Gasteiger partial charge in [-0.15, -0.1) is 0 Å². The van der Waals surface area contributed by atoms with E-state index in [1.165, 1.54) is 0 Å². The predicted octanol–water partition coefficient (Wildman–Crippen LogP) is -2.88. The Hall–Kier alpha value is -0.930. The van der Waals surface area contributed by atoms with E-state index < -0.39 is 43.8 Å². The van der Waals surface area contributed by atoms with E-state index in [0.717, 1.165) is 0 Å². The standard InChI is InChI=1S/C7H14O8/c8-1-3(9)5(11)6(12)4(10)2-15-7(13)14/h3-6,8-12H,1-2H2,(H,13,14). The van der Waals surface area contributed by atoms with Gasteiger partial charge in [-0.1, -0.05) is 0 Å². The SMILES string of the molecule is O=C(O)OCC(O)C(O)C(O)C(O)CO. The Labute approximate surface area is 85.0 Å². The molecule has 15 heavy (non-hydrogen) atoms. The number of aliphatic hydroxyl groups is 5. The van der Waals surface area contributed by atoms with Gasteiger partial charge in [0.05, 0.1) is 6.61 Å². The van der Waals surface area contributed by atoms with E-state index in [4.69, 9.17) is 30.6 Å². The van der Waals surface area contributed by atoms with Crippen LogP contribution in [-0.4, -0.2) is 74.4 Å². The largest absolute Gasteiger partial charge is 0.505 e. The highest BCUT2D eigenvalue weighted by molar-refractivity contribution is 5.56. The summed E-state index contributed by atoms with van der Waals surface area (Å²) >= 11 is 0. The number of rotatable bonds is 6. The maximum Gasteiger partial charge on any atom is 0.505 e. The molecule has 0 bridgehead atoms. The third kappa shape index (κ3) is 4.91. The second kappa shape index (κ2) is 6.53. The summed E-state index contributed by atoms with van der Waals surface area (Å²) in [6.45, 7) is -1.55. The molecular weight excluding hydrogens is 212 g/mol. The second-order valence-electron chi connectivity index (χ2n) is 2.88. The van der Waals surface area contributed by atoms with Crippen molar-refractivity contribution < 1.29 is 40.2 Å². The average molecular weight is 226 g/mol. The highest BCUT2D eigenvalue weighted by Gasteiger charge is 2.30. The van der Waals surface area contributed by atoms with Crippen LogP contribution in [0.2, 0.25) is 0 Å². The van der Waals surface area contributed by atoms with E-state index in [1.807, 2.05) is 0 Å². The first kappa shape index (κ1) is 14.1. The minimum atomic E-state index is -1.81. The van der Waals surface area contributed by atoms with E-state index in [-0.39, 0.29) is 0 Å². The van der Waals surface area contributed by atoms with E-state index in [2.05, 4.69) is 4.74 Å². The van der Waals surface area contributed by atoms with Gasteiger partial charge in [0.2, 0.25) is 0 Å². The summed E-state index contributed by atoms with van der Waals surface area (Å²) in [6, 6.07) is 0. The highest BCUT2D eigenvalue weighted by Crippen LogP contribution is 2.05. The number of carboxylic acid groups (broad SMARTS) is 1. The first-order valence-electron chi connectivity index (χ1n) is 4.09. The molecule has 0 spiro atoms. The molecule has 0 saturated heterocycles. The van der Waals surface area contributed by atoms with Crippen molar-refractivity contribution in [2.45, 2.75) is 24.4 Å². The van der Waals surface area contributed by atoms with Gasteiger partial charge in [-0.25, -0.2) is 4.79 Å². The van der Waals surface area contributed by atoms with Crippen LogP contribution >= 0.6 is 0 Å². The summed E-state index contributed by atoms with van der Waals surface area (Å²) in [6.07, 6.45) is -8.55. The highest BCUT2D eigenvalue weighted by atomic mass is 16.7. The van der Waals surface area contributed by atoms with Crippen molar-refractivity contribution in [3.63, 3.8) is 0 Å². The van der Waals surface area contributed by atoms with Gasteiger partial charge in [0.1, 0.15) is 31.0 Å². The average Bonchev–Trinajstić information content (AvgIpc) is 2.22. The molecule has 8 heteroatoms. The van der Waals surface area contributed by atoms with Crippen molar-refractivity contribution in [3.8, 4) is 0 Å². The third-order valence-electron chi connectivity index (χ3n) is 1.70. The van der Waals surface area contributed by atoms with Gasteiger partial charge in [-0.2, -0.15) is 0 Å². The molecule has 90 valence electrons. The van der Waals surface area contributed by atoms with E-state index in [9.17, 15) is 4.79 Å². The van der Waals surface area contributed by atoms with Gasteiger partial charge in [0, 0.05) is 0 Å². The minimum Gasteiger partial charge on any atom is -0.450 e. The summed E-state index contributed by atoms with van der Waals surface area (Å²) < 4.78 is 3.94. The number of hydrogen-bond donors (Lipinski definition) is 6. The number of hydrogen-bond acceptors (Lipinski definition) is 7. The quantitative estimate of drug-likeness (QED) is 0.264. The lowest BCUT2D eigenvalue weighted by atomic mass is 10.0. The van der Waals surface area contributed by atoms with Gasteiger partial charge < -0.3 is 35.4 Å². The summed E-state index contributed by atoms with van der Waals surface area (Å²) in [5.74, 6) is 0. The fourth-order valence-electron chi connectivity index (χ4n) is 0.818. The lowest BCUT2D eigenvalue weighted by Crippen LogP contribution is -2.47. The Bertz CT molecular complexity index is 195. The smallest absolute Gasteiger partial charge is 0.450 e. The molecule has 0 heterocycles. The minimum absolute atomic E-state index is 0.744. The Morgan fingerprint density at radius 1 is 1.07 bits per heavy atom. The maximum absolute atomic E-state index is 9.92. The van der Waals surface area contributed by atoms with Crippen LogP contribution < -0.4 is 0 Å². The van der Waals surface area contributed by atoms with Crippen LogP contribution in [0.5, 0.6) is 0 Å². The zero-order chi connectivity index (χ0) is 12.0. The Morgan fingerprint density at radius 2 is 1.53 bits per heavy atom. The molecular formula is C7H14O8. The molecule has 0 radical (unpaired) electrons. The van der Waals surface area contributed by atoms with Crippen molar-refractivity contribution in [2.24, 2.45) is 0 Å². The van der Waals surface area contributed by atoms with Crippen LogP contribution in [0.3, 0.4) is 0 Å². The molecule has 0 aliphatic carbocycles. The molecule has 0 aliphatic rings. The normalized spacial score (nSPS) is 19.0. The number of carbonyl (C=O) groups is 1. The van der Waals surface area contributed by atoms with Crippen LogP contribution in [0.1, 0.15) is 0 Å². The molecule has 0 amide bonds. The van der Waals surface area contributed by atoms with E-state index >= 15 is 0 Å². The molecule has 0 aromatic rings. The lowest BCUT2D eigenvalue weighted by Gasteiger charge is -2.24. The lowest BCUT2D eigenvalue weighted by molar-refractivity contribution is -0.125. The predicted molar refractivity (Wildman–Crippen MR) is 45.1 cm³/mol. The van der Waals surface area contributed by atoms with E-state index in [0.29, 0.717) is 0 Å². The van der Waals surface area contributed by atoms with Crippen molar-refractivity contribution >= 4 is 6.16 Å². The zero-order valence-electron chi connectivity index (χ0n) is 7.72. The Kier molecular flexibility index (Phi) is 6.13. The Morgan fingerprint density at radius 3 is 1.93 bits per heavy atom. The third-order valence-corrected chi connectivity index (χ3v) is 1.70. The fraction of sp³-hybridized carbons (Fsp3) is 0.857. The summed E-state index contributed by atoms with van der Waals surface area (Å²) in [7, 11) is 0. The number of aliphatic hydroxyl groups excluding tert-OH is 5. The molecule has 0 fully saturated rings. The van der Waals surface area contributed by atoms with Crippen LogP contribution in [0.15, 0.2) is 0 Å². The van der Waals surface area contributed by atoms with Crippen LogP contribution in [0.4, 0.5) is 4.79 Å². The molecule has 0 aliphatic heterocycles. The van der Waals surface area contributed by atoms with Crippen LogP contribution in [0.25, 0.3) is 0 Å². The van der Waals surface area contributed by atoms with Crippen LogP contribution in [-0.2, 0) is 4.74 Å². The molecule has 4 unspecified atom stereocenters. The molecule has 0 rings (SSSR count). The van der Waals surface area contributed by atoms with Crippen molar-refractivity contribution in [3.05, 3.63) is 0 Å². The maximum atomic E-state index is 9.92. The molecule has 8 nitrogen and oxygen atoms in total. The summed E-state index contributed by atoms with van der Waals surface area (Å²) in [5, 5.41) is 52.7. The fourth-order valence-corrected chi connectivity index (χ4v) is 0.818. The molecule has 6 N–H and O–H groups in total. The van der Waals surface area contributed by atoms with Crippen molar-refractivity contribution in [1.82, 2.24) is 0 Å². The van der Waals surface area contributed by atoms with E-state index in [1.54, 1.807) is 0 Å². The topological polar surface area (TPSA) is 148 Å². The molecule has 0 saturated carbocycles. The second-order valence-corrected chi connectivity index (χ2v) is 2.88. The zero-order valence-corrected chi connectivity index (χ0v) is 7.72. The molecule has 4 atom stereocenters. The van der Waals surface area contributed by atoms with Gasteiger partial charge in [0.15, 0.2) is 0 Å². The first-order chi connectivity index (χ1) is 6.90.